The summed E-state index contributed by atoms with van der Waals surface area (Å²) in [6, 6.07) is 16.3. The van der Waals surface area contributed by atoms with E-state index in [-0.39, 0.29) is 79.2 Å². The van der Waals surface area contributed by atoms with Crippen molar-refractivity contribution in [3.63, 3.8) is 0 Å². The van der Waals surface area contributed by atoms with Gasteiger partial charge >= 0.3 is 0 Å². The van der Waals surface area contributed by atoms with Crippen LogP contribution in [0.15, 0.2) is 71.8 Å². The molecule has 8 heterocycles. The van der Waals surface area contributed by atoms with Crippen LogP contribution in [0.1, 0.15) is 151 Å². The number of ether oxygens (including phenoxy) is 4. The van der Waals surface area contributed by atoms with Gasteiger partial charge in [0.15, 0.2) is 47.2 Å². The Kier molecular flexibility index (Phi) is 13.6. The second-order valence-corrected chi connectivity index (χ2v) is 32.5. The van der Waals surface area contributed by atoms with Crippen molar-refractivity contribution in [2.24, 2.45) is 11.8 Å². The number of likely N-dealkylation sites (N-methyl/N-ethyl adjacent to an activating group) is 2. The molecule has 8 N–H and O–H groups in total. The van der Waals surface area contributed by atoms with E-state index in [1.807, 2.05) is 36.4 Å². The lowest BCUT2D eigenvalue weighted by atomic mass is 9.49. The first-order valence-electron chi connectivity index (χ1n) is 36.3. The molecule has 19 heteroatoms. The van der Waals surface area contributed by atoms with Crippen LogP contribution in [0, 0.1) is 11.8 Å². The molecule has 10 aliphatic carbocycles. The van der Waals surface area contributed by atoms with Gasteiger partial charge in [-0.25, -0.2) is 0 Å². The number of rotatable bonds is 8. The molecule has 22 rings (SSSR count). The van der Waals surface area contributed by atoms with E-state index < -0.39 is 51.4 Å². The Labute approximate surface area is 564 Å². The van der Waals surface area contributed by atoms with E-state index in [4.69, 9.17) is 18.9 Å². The number of ketones is 3. The molecular weight excluding hydrogens is 1230 g/mol. The molecule has 5 saturated carbocycles. The maximum absolute atomic E-state index is 12.8. The van der Waals surface area contributed by atoms with Crippen LogP contribution in [-0.4, -0.2) is 203 Å². The third-order valence-corrected chi connectivity index (χ3v) is 28.5. The summed E-state index contributed by atoms with van der Waals surface area (Å²) in [5.74, 6) is 4.57. The number of likely N-dealkylation sites (tertiary alicyclic amines) is 4. The van der Waals surface area contributed by atoms with Crippen LogP contribution in [0.25, 0.3) is 0 Å². The minimum atomic E-state index is -0.940. The minimum Gasteiger partial charge on any atom is -0.504 e. The largest absolute Gasteiger partial charge is 0.504 e. The summed E-state index contributed by atoms with van der Waals surface area (Å²) in [7, 11) is 4.26. The fourth-order valence-corrected chi connectivity index (χ4v) is 23.7. The highest BCUT2D eigenvalue weighted by Gasteiger charge is 2.76. The fourth-order valence-electron chi connectivity index (χ4n) is 23.7. The van der Waals surface area contributed by atoms with Gasteiger partial charge in [-0.05, 0) is 188 Å². The van der Waals surface area contributed by atoms with E-state index >= 15 is 0 Å². The summed E-state index contributed by atoms with van der Waals surface area (Å²) < 4.78 is 24.8. The summed E-state index contributed by atoms with van der Waals surface area (Å²) >= 11 is 0. The van der Waals surface area contributed by atoms with Gasteiger partial charge in [-0.3, -0.25) is 29.1 Å². The number of aliphatic hydroxyl groups excluding tert-OH is 4. The molecule has 0 radical (unpaired) electrons. The van der Waals surface area contributed by atoms with Crippen molar-refractivity contribution in [2.45, 2.75) is 222 Å². The van der Waals surface area contributed by atoms with Gasteiger partial charge in [-0.15, -0.1) is 0 Å². The van der Waals surface area contributed by atoms with Crippen LogP contribution >= 0.6 is 0 Å². The van der Waals surface area contributed by atoms with Gasteiger partial charge in [-0.1, -0.05) is 54.6 Å². The Bertz CT molecular complexity index is 4160. The highest BCUT2D eigenvalue weighted by Crippen LogP contribution is 2.69. The molecule has 15 atom stereocenters. The van der Waals surface area contributed by atoms with Gasteiger partial charge in [0.2, 0.25) is 0 Å². The lowest BCUT2D eigenvalue weighted by Crippen LogP contribution is -2.76. The molecule has 8 bridgehead atoms. The zero-order valence-electron chi connectivity index (χ0n) is 55.6. The summed E-state index contributed by atoms with van der Waals surface area (Å²) in [5, 5.41) is 85.1. The number of carbonyl (C=O) groups excluding carboxylic acids is 3. The first-order valence-corrected chi connectivity index (χ1v) is 36.3. The Morgan fingerprint density at radius 2 is 0.856 bits per heavy atom. The van der Waals surface area contributed by atoms with Crippen LogP contribution in [-0.2, 0) is 81.5 Å². The van der Waals surface area contributed by atoms with E-state index in [0.717, 1.165) is 158 Å². The molecule has 4 spiro atoms. The van der Waals surface area contributed by atoms with E-state index in [0.29, 0.717) is 61.8 Å². The maximum atomic E-state index is 12.8. The van der Waals surface area contributed by atoms with Crippen LogP contribution < -0.4 is 18.9 Å². The van der Waals surface area contributed by atoms with Crippen LogP contribution in [0.5, 0.6) is 28.7 Å². The van der Waals surface area contributed by atoms with E-state index in [9.17, 15) is 55.2 Å². The number of aromatic hydroxyl groups is 1. The Morgan fingerprint density at radius 1 is 0.443 bits per heavy atom. The molecule has 8 aliphatic heterocycles. The number of Topliss-reactive ketones (excluding diaryl/α,β-unsaturated/α-hetero) is 3. The monoisotopic (exact) mass is 1320 g/mol. The van der Waals surface area contributed by atoms with Crippen molar-refractivity contribution >= 4 is 17.3 Å². The van der Waals surface area contributed by atoms with Gasteiger partial charge in [-0.2, -0.15) is 0 Å². The zero-order valence-corrected chi connectivity index (χ0v) is 55.6. The lowest BCUT2D eigenvalue weighted by molar-refractivity contribution is -0.188. The molecule has 0 aromatic heterocycles. The Morgan fingerprint density at radius 3 is 1.34 bits per heavy atom. The number of piperidine rings is 4. The average Bonchev–Trinajstić information content (AvgIpc) is 1.12. The zero-order chi connectivity index (χ0) is 66.4. The smallest absolute Gasteiger partial charge is 0.174 e. The van der Waals surface area contributed by atoms with Crippen molar-refractivity contribution in [1.82, 2.24) is 19.6 Å². The number of phenolic OH excluding ortho intramolecular Hbond substituents is 1. The van der Waals surface area contributed by atoms with Crippen LogP contribution in [0.3, 0.4) is 0 Å². The Balaban J connectivity index is 0.0000000910. The predicted molar refractivity (Wildman–Crippen MR) is 353 cm³/mol. The van der Waals surface area contributed by atoms with Gasteiger partial charge in [0.25, 0.3) is 0 Å². The highest BCUT2D eigenvalue weighted by molar-refractivity contribution is 5.92. The standard InChI is InChI=1S/C21H25NO4.C20H23NO4.C19H21NO3.C18H21NO4/c23-11-14-4-3-13-9-16-21(25)6-5-15(24)19-20(21,17(13)18(14)26-19)7-8-22(16)10-12-1-2-12;22-13-4-3-12-9-15-20(24)6-5-14(23)18-19(20,16(12)17(13)25-18)7-8-21(15)10-11-1-2-11;1-20-7-6-19-14-5-4-13(10-22)18(19)23-17-12(9-21)3-2-11(16(17)19)8-15(14)20;1-19-7-6-17-14-10-2-3-11(9-20)15(14)23-16(17)12(21)4-5-18(17,22)13(19)8-10/h3-4,12,16,19,23,25H,1-2,5-11H2;3-4,11,15,18,22,24H,1-2,5-10H2;2-5,15,18,21-22H,6-10H2,1H3;2-3,13,16,20,22H,4-9H2,1H3/t16?,19-,20-,21+;15-,18+,19+,20-;15?,18-,19-;13?,16-,17-,18+/m0100/s1. The normalized spacial score (nSPS) is 39.1. The second-order valence-electron chi connectivity index (χ2n) is 32.5. The van der Waals surface area contributed by atoms with Gasteiger partial charge < -0.3 is 64.7 Å². The topological polar surface area (TPSA) is 263 Å². The molecule has 19 nitrogen and oxygen atoms in total. The number of phenols is 1. The molecule has 97 heavy (non-hydrogen) atoms. The predicted octanol–water partition coefficient (Wildman–Crippen LogP) is 4.67. The second kappa shape index (κ2) is 21.3. The number of nitrogens with zero attached hydrogens (tertiary/aromatic N) is 4. The molecular formula is C78H90N4O15. The van der Waals surface area contributed by atoms with Crippen molar-refractivity contribution in [3.05, 3.63) is 133 Å². The third kappa shape index (κ3) is 7.83. The molecule has 18 aliphatic rings. The van der Waals surface area contributed by atoms with Crippen molar-refractivity contribution in [3.8, 4) is 28.7 Å². The summed E-state index contributed by atoms with van der Waals surface area (Å²) in [6.45, 7) is 5.62. The van der Waals surface area contributed by atoms with E-state index in [1.165, 1.54) is 47.9 Å². The number of hydrogen-bond acceptors (Lipinski definition) is 19. The number of allylic oxidation sites excluding steroid dienone is 2. The molecule has 4 aromatic carbocycles. The highest BCUT2D eigenvalue weighted by atomic mass is 16.5. The lowest BCUT2D eigenvalue weighted by Gasteiger charge is -2.62. The minimum absolute atomic E-state index is 0.00797. The molecule has 512 valence electrons. The molecule has 3 unspecified atom stereocenters. The van der Waals surface area contributed by atoms with Crippen molar-refractivity contribution in [1.29, 1.82) is 0 Å². The maximum Gasteiger partial charge on any atom is 0.174 e. The SMILES string of the molecule is CN1CC[C@@]23C4=CC=C(CO)[C@@H]2Oc2c(CO)ccc(c23)CC41.CN1CC[C@]23c4c5ccc(CO)c4O[C@H]2C(=O)CC[C@@]3(O)C1C5.O=C1CC[C@@]2(O)C3Cc4ccc(CO)c5c4[C@@]2(CCN3CC2CC2)[C@H]1O5.O=C1CC[C@@]2(O)[C@H]3Cc4ccc(O)c5c4[C@@]2(CCN3CC2CC2)[C@H]1O5. The van der Waals surface area contributed by atoms with Crippen LogP contribution in [0.4, 0.5) is 0 Å². The van der Waals surface area contributed by atoms with E-state index in [1.54, 1.807) is 6.07 Å². The van der Waals surface area contributed by atoms with E-state index in [2.05, 4.69) is 51.9 Å². The summed E-state index contributed by atoms with van der Waals surface area (Å²) in [5.41, 5.74) is 8.94. The van der Waals surface area contributed by atoms with Crippen molar-refractivity contribution in [2.75, 3.05) is 60.0 Å². The third-order valence-electron chi connectivity index (χ3n) is 28.5. The number of carbonyl (C=O) groups is 3. The quantitative estimate of drug-likeness (QED) is 0.119. The molecule has 9 fully saturated rings. The number of benzene rings is 4. The van der Waals surface area contributed by atoms with Crippen molar-refractivity contribution < 1.29 is 74.2 Å². The average molecular weight is 1320 g/mol. The van der Waals surface area contributed by atoms with Crippen LogP contribution in [0.2, 0.25) is 0 Å². The summed E-state index contributed by atoms with van der Waals surface area (Å²) in [6.07, 6.45) is 16.7. The van der Waals surface area contributed by atoms with Gasteiger partial charge in [0, 0.05) is 95.5 Å². The summed E-state index contributed by atoms with van der Waals surface area (Å²) in [4.78, 5) is 47.8. The van der Waals surface area contributed by atoms with Gasteiger partial charge in [0.05, 0.1) is 64.9 Å². The molecule has 4 saturated heterocycles. The first-order chi connectivity index (χ1) is 46.9. The van der Waals surface area contributed by atoms with Gasteiger partial charge in [0.1, 0.15) is 23.4 Å². The number of hydrogen-bond donors (Lipinski definition) is 8. The first kappa shape index (κ1) is 62.0. The molecule has 0 amide bonds. The number of aliphatic hydroxyl groups is 7. The Hall–Kier alpha value is -6.07. The molecule has 4 aromatic rings. The fraction of sp³-hybridized carbons (Fsp3) is 0.603.